The molecule has 4 aromatic carbocycles. The molecule has 6 heteroatoms. The van der Waals surface area contributed by atoms with Gasteiger partial charge in [-0.2, -0.15) is 0 Å². The molecular formula is C29H26N2O3S. The number of hydrogen-bond donors (Lipinski definition) is 2. The van der Waals surface area contributed by atoms with Gasteiger partial charge < -0.3 is 15.4 Å². The second kappa shape index (κ2) is 11.9. The number of hydrogen-bond acceptors (Lipinski definition) is 4. The molecule has 0 saturated heterocycles. The van der Waals surface area contributed by atoms with Crippen molar-refractivity contribution < 1.29 is 14.3 Å². The molecule has 0 aliphatic carbocycles. The van der Waals surface area contributed by atoms with E-state index in [1.807, 2.05) is 104 Å². The van der Waals surface area contributed by atoms with Crippen LogP contribution in [0.3, 0.4) is 0 Å². The Morgan fingerprint density at radius 2 is 1.40 bits per heavy atom. The van der Waals surface area contributed by atoms with Crippen LogP contribution in [0.4, 0.5) is 11.4 Å². The first kappa shape index (κ1) is 24.1. The van der Waals surface area contributed by atoms with Crippen LogP contribution in [-0.2, 0) is 9.59 Å². The third-order valence-electron chi connectivity index (χ3n) is 5.25. The van der Waals surface area contributed by atoms with Gasteiger partial charge in [-0.15, -0.1) is 11.8 Å². The second-order valence-corrected chi connectivity index (χ2v) is 9.07. The Hall–Kier alpha value is -4.03. The van der Waals surface area contributed by atoms with Gasteiger partial charge in [-0.05, 0) is 60.5 Å². The monoisotopic (exact) mass is 482 g/mol. The number of ether oxygens (including phenoxy) is 1. The molecule has 176 valence electrons. The van der Waals surface area contributed by atoms with Crippen molar-refractivity contribution in [3.63, 3.8) is 0 Å². The Balaban J connectivity index is 1.41. The van der Waals surface area contributed by atoms with E-state index in [0.717, 1.165) is 21.7 Å². The Labute approximate surface area is 209 Å². The van der Waals surface area contributed by atoms with E-state index in [1.165, 1.54) is 11.8 Å². The molecule has 0 radical (unpaired) electrons. The van der Waals surface area contributed by atoms with Crippen molar-refractivity contribution in [3.05, 3.63) is 120 Å². The lowest BCUT2D eigenvalue weighted by Gasteiger charge is -2.18. The summed E-state index contributed by atoms with van der Waals surface area (Å²) in [5.74, 6) is 0.310. The minimum atomic E-state index is -0.435. The molecule has 0 aromatic heterocycles. The number of thioether (sulfide) groups is 1. The maximum absolute atomic E-state index is 13.3. The van der Waals surface area contributed by atoms with E-state index >= 15 is 0 Å². The zero-order valence-corrected chi connectivity index (χ0v) is 20.1. The van der Waals surface area contributed by atoms with Crippen LogP contribution >= 0.6 is 11.8 Å². The zero-order chi connectivity index (χ0) is 24.5. The number of anilines is 2. The highest BCUT2D eigenvalue weighted by molar-refractivity contribution is 8.00. The van der Waals surface area contributed by atoms with Crippen LogP contribution < -0.4 is 15.4 Å². The molecule has 0 aliphatic heterocycles. The standard InChI is InChI=1S/C29H26N2O3S/c1-21-10-8-9-15-26(21)31-29(33)28(22-11-4-2-5-12-22)35-25-18-16-23(17-19-25)30-27(32)20-34-24-13-6-3-7-14-24/h2-19,28H,20H2,1H3,(H,30,32)(H,31,33). The van der Waals surface area contributed by atoms with Crippen molar-refractivity contribution in [1.82, 2.24) is 0 Å². The maximum Gasteiger partial charge on any atom is 0.262 e. The van der Waals surface area contributed by atoms with Crippen molar-refractivity contribution >= 4 is 35.0 Å². The average Bonchev–Trinajstić information content (AvgIpc) is 2.89. The van der Waals surface area contributed by atoms with Gasteiger partial charge in [-0.25, -0.2) is 0 Å². The molecule has 2 amide bonds. The fourth-order valence-corrected chi connectivity index (χ4v) is 4.45. The number of para-hydroxylation sites is 2. The smallest absolute Gasteiger partial charge is 0.262 e. The van der Waals surface area contributed by atoms with Crippen LogP contribution in [0.15, 0.2) is 114 Å². The van der Waals surface area contributed by atoms with E-state index in [-0.39, 0.29) is 18.4 Å². The lowest BCUT2D eigenvalue weighted by Crippen LogP contribution is -2.20. The van der Waals surface area contributed by atoms with Crippen LogP contribution in [0.25, 0.3) is 0 Å². The van der Waals surface area contributed by atoms with Crippen LogP contribution in [0.1, 0.15) is 16.4 Å². The van der Waals surface area contributed by atoms with Gasteiger partial charge in [0, 0.05) is 16.3 Å². The molecule has 0 bridgehead atoms. The normalized spacial score (nSPS) is 11.3. The average molecular weight is 483 g/mol. The van der Waals surface area contributed by atoms with Crippen molar-refractivity contribution in [2.75, 3.05) is 17.2 Å². The van der Waals surface area contributed by atoms with Crippen LogP contribution in [0, 0.1) is 6.92 Å². The number of nitrogens with one attached hydrogen (secondary N) is 2. The molecule has 0 spiro atoms. The SMILES string of the molecule is Cc1ccccc1NC(=O)C(Sc1ccc(NC(=O)COc2ccccc2)cc1)c1ccccc1. The number of benzene rings is 4. The fourth-order valence-electron chi connectivity index (χ4n) is 3.43. The third kappa shape index (κ3) is 6.98. The summed E-state index contributed by atoms with van der Waals surface area (Å²) in [4.78, 5) is 26.4. The van der Waals surface area contributed by atoms with E-state index in [9.17, 15) is 9.59 Å². The van der Waals surface area contributed by atoms with Crippen LogP contribution in [0.2, 0.25) is 0 Å². The summed E-state index contributed by atoms with van der Waals surface area (Å²) in [6.07, 6.45) is 0. The number of rotatable bonds is 9. The molecule has 5 nitrogen and oxygen atoms in total. The van der Waals surface area contributed by atoms with Gasteiger partial charge in [0.2, 0.25) is 5.91 Å². The van der Waals surface area contributed by atoms with Crippen molar-refractivity contribution in [2.24, 2.45) is 0 Å². The molecule has 0 aliphatic rings. The highest BCUT2D eigenvalue weighted by Gasteiger charge is 2.22. The summed E-state index contributed by atoms with van der Waals surface area (Å²) in [7, 11) is 0. The minimum Gasteiger partial charge on any atom is -0.484 e. The third-order valence-corrected chi connectivity index (χ3v) is 6.51. The predicted molar refractivity (Wildman–Crippen MR) is 142 cm³/mol. The van der Waals surface area contributed by atoms with Crippen molar-refractivity contribution in [3.8, 4) is 5.75 Å². The number of aryl methyl sites for hydroxylation is 1. The van der Waals surface area contributed by atoms with E-state index in [4.69, 9.17) is 4.74 Å². The summed E-state index contributed by atoms with van der Waals surface area (Å²) in [5.41, 5.74) is 3.39. The molecule has 1 unspecified atom stereocenters. The Bertz CT molecular complexity index is 1260. The second-order valence-electron chi connectivity index (χ2n) is 7.89. The fraction of sp³-hybridized carbons (Fsp3) is 0.103. The zero-order valence-electron chi connectivity index (χ0n) is 19.3. The highest BCUT2D eigenvalue weighted by atomic mass is 32.2. The first-order chi connectivity index (χ1) is 17.1. The van der Waals surface area contributed by atoms with E-state index in [1.54, 1.807) is 12.1 Å². The molecule has 4 rings (SSSR count). The minimum absolute atomic E-state index is 0.0737. The molecule has 35 heavy (non-hydrogen) atoms. The van der Waals surface area contributed by atoms with Gasteiger partial charge in [0.05, 0.1) is 0 Å². The predicted octanol–water partition coefficient (Wildman–Crippen LogP) is 6.48. The van der Waals surface area contributed by atoms with Crippen molar-refractivity contribution in [1.29, 1.82) is 0 Å². The Morgan fingerprint density at radius 1 is 0.771 bits per heavy atom. The van der Waals surface area contributed by atoms with Crippen LogP contribution in [-0.4, -0.2) is 18.4 Å². The summed E-state index contributed by atoms with van der Waals surface area (Å²) in [6, 6.07) is 34.1. The molecule has 0 saturated carbocycles. The van der Waals surface area contributed by atoms with Gasteiger partial charge in [0.25, 0.3) is 5.91 Å². The number of carbonyl (C=O) groups excluding carboxylic acids is 2. The van der Waals surface area contributed by atoms with Gasteiger partial charge >= 0.3 is 0 Å². The summed E-state index contributed by atoms with van der Waals surface area (Å²) >= 11 is 1.46. The van der Waals surface area contributed by atoms with Crippen LogP contribution in [0.5, 0.6) is 5.75 Å². The van der Waals surface area contributed by atoms with Gasteiger partial charge in [0.15, 0.2) is 6.61 Å². The van der Waals surface area contributed by atoms with E-state index < -0.39 is 5.25 Å². The summed E-state index contributed by atoms with van der Waals surface area (Å²) in [6.45, 7) is 1.90. The van der Waals surface area contributed by atoms with E-state index in [2.05, 4.69) is 10.6 Å². The van der Waals surface area contributed by atoms with Gasteiger partial charge in [-0.3, -0.25) is 9.59 Å². The van der Waals surface area contributed by atoms with Gasteiger partial charge in [-0.1, -0.05) is 66.7 Å². The topological polar surface area (TPSA) is 67.4 Å². The first-order valence-corrected chi connectivity index (χ1v) is 12.1. The largest absolute Gasteiger partial charge is 0.484 e. The molecule has 4 aromatic rings. The molecule has 2 N–H and O–H groups in total. The Morgan fingerprint density at radius 3 is 2.09 bits per heavy atom. The maximum atomic E-state index is 13.3. The lowest BCUT2D eigenvalue weighted by molar-refractivity contribution is -0.118. The first-order valence-electron chi connectivity index (χ1n) is 11.2. The summed E-state index contributed by atoms with van der Waals surface area (Å²) < 4.78 is 5.49. The summed E-state index contributed by atoms with van der Waals surface area (Å²) in [5, 5.41) is 5.46. The van der Waals surface area contributed by atoms with Crippen molar-refractivity contribution in [2.45, 2.75) is 17.1 Å². The number of carbonyl (C=O) groups is 2. The molecule has 0 heterocycles. The molecule has 1 atom stereocenters. The van der Waals surface area contributed by atoms with E-state index in [0.29, 0.717) is 11.4 Å². The lowest BCUT2D eigenvalue weighted by atomic mass is 10.1. The molecule has 0 fully saturated rings. The van der Waals surface area contributed by atoms with Gasteiger partial charge in [0.1, 0.15) is 11.0 Å². The Kier molecular flexibility index (Phi) is 8.20. The quantitative estimate of drug-likeness (QED) is 0.268. The number of amides is 2. The highest BCUT2D eigenvalue weighted by Crippen LogP contribution is 2.37. The molecular weight excluding hydrogens is 456 g/mol.